The lowest BCUT2D eigenvalue weighted by Crippen LogP contribution is -2.46. The van der Waals surface area contributed by atoms with E-state index in [0.717, 1.165) is 18.9 Å². The zero-order valence-electron chi connectivity index (χ0n) is 20.5. The second-order valence-corrected chi connectivity index (χ2v) is 16.4. The topological polar surface area (TPSA) is 18.5 Å². The van der Waals surface area contributed by atoms with Crippen LogP contribution in [-0.4, -0.2) is 26.1 Å². The van der Waals surface area contributed by atoms with Gasteiger partial charge in [-0.2, -0.15) is 0 Å². The molecule has 1 aliphatic heterocycles. The molecule has 3 heteroatoms. The number of ether oxygens (including phenoxy) is 1. The Labute approximate surface area is 182 Å². The minimum atomic E-state index is -1.58. The number of hydrogen-bond acceptors (Lipinski definition) is 2. The van der Waals surface area contributed by atoms with E-state index < -0.39 is 8.32 Å². The maximum atomic E-state index is 6.92. The molecule has 0 N–H and O–H groups in total. The van der Waals surface area contributed by atoms with E-state index in [1.54, 1.807) is 0 Å². The van der Waals surface area contributed by atoms with Crippen LogP contribution >= 0.6 is 0 Å². The van der Waals surface area contributed by atoms with Crippen molar-refractivity contribution in [2.75, 3.05) is 6.61 Å². The predicted octanol–water partition coefficient (Wildman–Crippen LogP) is 7.74. The largest absolute Gasteiger partial charge is 0.412 e. The van der Waals surface area contributed by atoms with Crippen LogP contribution in [0.5, 0.6) is 0 Å². The number of hydrogen-bond donors (Lipinski definition) is 0. The average Bonchev–Trinajstić information content (AvgIpc) is 3.21. The van der Waals surface area contributed by atoms with Gasteiger partial charge in [-0.15, -0.1) is 0 Å². The van der Waals surface area contributed by atoms with Gasteiger partial charge in [0, 0.05) is 0 Å². The summed E-state index contributed by atoms with van der Waals surface area (Å²) in [6, 6.07) is 3.69. The van der Waals surface area contributed by atoms with Gasteiger partial charge in [0.05, 0.1) is 17.8 Å². The number of fused-ring (bicyclic) bond motifs is 1. The molecule has 3 aliphatic rings. The minimum Gasteiger partial charge on any atom is -0.412 e. The molecule has 1 saturated heterocycles. The van der Waals surface area contributed by atoms with Crippen molar-refractivity contribution in [1.29, 1.82) is 0 Å². The van der Waals surface area contributed by atoms with Crippen molar-refractivity contribution in [2.45, 2.75) is 123 Å². The van der Waals surface area contributed by atoms with E-state index in [1.165, 1.54) is 62.2 Å². The van der Waals surface area contributed by atoms with Crippen molar-refractivity contribution < 1.29 is 9.16 Å². The summed E-state index contributed by atoms with van der Waals surface area (Å²) in [5, 5.41) is 0. The molecule has 3 fully saturated rings. The van der Waals surface area contributed by atoms with Gasteiger partial charge in [0.2, 0.25) is 0 Å². The summed E-state index contributed by atoms with van der Waals surface area (Å²) < 4.78 is 13.6. The predicted molar refractivity (Wildman–Crippen MR) is 127 cm³/mol. The minimum absolute atomic E-state index is 0.0330. The van der Waals surface area contributed by atoms with Crippen molar-refractivity contribution in [2.24, 2.45) is 23.2 Å². The molecule has 2 aliphatic carbocycles. The van der Waals surface area contributed by atoms with E-state index in [9.17, 15) is 0 Å². The molecular formula is C26H48O2Si. The van der Waals surface area contributed by atoms with Crippen molar-refractivity contribution >= 4 is 8.32 Å². The van der Waals surface area contributed by atoms with Gasteiger partial charge in [-0.05, 0) is 107 Å². The molecule has 0 unspecified atom stereocenters. The van der Waals surface area contributed by atoms with Crippen LogP contribution in [0.25, 0.3) is 0 Å². The van der Waals surface area contributed by atoms with Gasteiger partial charge < -0.3 is 9.16 Å². The Bertz CT molecular complexity index is 587. The lowest BCUT2D eigenvalue weighted by atomic mass is 9.60. The normalized spacial score (nSPS) is 38.4. The highest BCUT2D eigenvalue weighted by Gasteiger charge is 2.57. The van der Waals surface area contributed by atoms with Crippen LogP contribution in [0.1, 0.15) is 93.4 Å². The van der Waals surface area contributed by atoms with Crippen LogP contribution in [0, 0.1) is 23.2 Å². The molecule has 2 nitrogen and oxygen atoms in total. The summed E-state index contributed by atoms with van der Waals surface area (Å²) in [4.78, 5) is 0. The maximum Gasteiger partial charge on any atom is 0.192 e. The summed E-state index contributed by atoms with van der Waals surface area (Å²) in [7, 11) is -1.58. The van der Waals surface area contributed by atoms with Gasteiger partial charge in [-0.25, -0.2) is 0 Å². The summed E-state index contributed by atoms with van der Waals surface area (Å²) in [5.41, 5.74) is 1.93. The smallest absolute Gasteiger partial charge is 0.192 e. The molecule has 0 aromatic rings. The van der Waals surface area contributed by atoms with Crippen molar-refractivity contribution in [3.63, 3.8) is 0 Å². The Kier molecular flexibility index (Phi) is 6.84. The molecule has 0 amide bonds. The second-order valence-electron chi connectivity index (χ2n) is 11.7. The fourth-order valence-corrected chi connectivity index (χ4v) is 11.0. The van der Waals surface area contributed by atoms with Crippen LogP contribution in [0.15, 0.2) is 12.2 Å². The van der Waals surface area contributed by atoms with E-state index in [4.69, 9.17) is 9.16 Å². The van der Waals surface area contributed by atoms with Crippen LogP contribution in [0.4, 0.5) is 0 Å². The van der Waals surface area contributed by atoms with E-state index >= 15 is 0 Å². The van der Waals surface area contributed by atoms with Crippen molar-refractivity contribution in [1.82, 2.24) is 0 Å². The standard InChI is InChI=1S/C26H48O2Si/c1-9-29(10-2,11-3)28-24(5,6)17-21-18-26(8,27-19-21)23-15-14-22-20(4)13-12-16-25(22,23)7/h21-23H,4,9-19H2,1-3,5-8H3/t21-,22-,23-,25-,26-/m0/s1. The molecule has 0 radical (unpaired) electrons. The summed E-state index contributed by atoms with van der Waals surface area (Å²) in [6.45, 7) is 22.0. The summed E-state index contributed by atoms with van der Waals surface area (Å²) in [6.07, 6.45) is 8.92. The second kappa shape index (κ2) is 8.43. The summed E-state index contributed by atoms with van der Waals surface area (Å²) in [5.74, 6) is 2.04. The van der Waals surface area contributed by atoms with Gasteiger partial charge in [0.25, 0.3) is 0 Å². The molecule has 0 bridgehead atoms. The van der Waals surface area contributed by atoms with E-state index in [0.29, 0.717) is 17.3 Å². The fraction of sp³-hybridized carbons (Fsp3) is 0.923. The first-order valence-corrected chi connectivity index (χ1v) is 15.1. The molecule has 0 aromatic carbocycles. The zero-order valence-corrected chi connectivity index (χ0v) is 21.5. The van der Waals surface area contributed by atoms with E-state index in [2.05, 4.69) is 55.0 Å². The lowest BCUT2D eigenvalue weighted by molar-refractivity contribution is -0.0753. The van der Waals surface area contributed by atoms with Gasteiger partial charge >= 0.3 is 0 Å². The molecule has 5 atom stereocenters. The Morgan fingerprint density at radius 3 is 2.41 bits per heavy atom. The molecule has 0 aromatic heterocycles. The van der Waals surface area contributed by atoms with E-state index in [-0.39, 0.29) is 11.2 Å². The molecule has 2 saturated carbocycles. The van der Waals surface area contributed by atoms with Gasteiger partial charge in [0.1, 0.15) is 0 Å². The quantitative estimate of drug-likeness (QED) is 0.295. The Balaban J connectivity index is 1.67. The molecule has 1 heterocycles. The van der Waals surface area contributed by atoms with Crippen molar-refractivity contribution in [3.8, 4) is 0 Å². The Hall–Kier alpha value is -0.123. The average molecular weight is 421 g/mol. The SMILES string of the molecule is C=C1CCC[C@@]2(C)[C@H]1CC[C@@H]2[C@]1(C)C[C@H](CC(C)(C)O[Si](CC)(CC)CC)CO1. The van der Waals surface area contributed by atoms with Crippen LogP contribution in [0.3, 0.4) is 0 Å². The third-order valence-electron chi connectivity index (χ3n) is 9.33. The van der Waals surface area contributed by atoms with Gasteiger partial charge in [-0.1, -0.05) is 39.8 Å². The Morgan fingerprint density at radius 1 is 1.14 bits per heavy atom. The number of allylic oxidation sites excluding steroid dienone is 1. The first-order chi connectivity index (χ1) is 13.5. The third kappa shape index (κ3) is 4.43. The highest BCUT2D eigenvalue weighted by Crippen LogP contribution is 2.62. The highest BCUT2D eigenvalue weighted by atomic mass is 28.4. The zero-order chi connectivity index (χ0) is 21.5. The van der Waals surface area contributed by atoms with Crippen LogP contribution in [-0.2, 0) is 9.16 Å². The summed E-state index contributed by atoms with van der Waals surface area (Å²) >= 11 is 0. The molecule has 0 spiro atoms. The maximum absolute atomic E-state index is 6.92. The van der Waals surface area contributed by atoms with E-state index in [1.807, 2.05) is 0 Å². The molecule has 29 heavy (non-hydrogen) atoms. The Morgan fingerprint density at radius 2 is 1.79 bits per heavy atom. The first kappa shape index (κ1) is 23.5. The monoisotopic (exact) mass is 420 g/mol. The first-order valence-electron chi connectivity index (χ1n) is 12.5. The fourth-order valence-electron chi connectivity index (χ4n) is 7.79. The van der Waals surface area contributed by atoms with Crippen LogP contribution in [0.2, 0.25) is 18.1 Å². The number of rotatable bonds is 8. The lowest BCUT2D eigenvalue weighted by Gasteiger charge is -2.47. The third-order valence-corrected chi connectivity index (χ3v) is 14.2. The van der Waals surface area contributed by atoms with Crippen molar-refractivity contribution in [3.05, 3.63) is 12.2 Å². The highest BCUT2D eigenvalue weighted by molar-refractivity contribution is 6.73. The molecular weight excluding hydrogens is 372 g/mol. The molecule has 3 rings (SSSR count). The van der Waals surface area contributed by atoms with Gasteiger partial charge in [0.15, 0.2) is 8.32 Å². The van der Waals surface area contributed by atoms with Gasteiger partial charge in [-0.3, -0.25) is 0 Å². The van der Waals surface area contributed by atoms with Crippen LogP contribution < -0.4 is 0 Å². The molecule has 168 valence electrons.